The van der Waals surface area contributed by atoms with Gasteiger partial charge in [-0.2, -0.15) is 0 Å². The summed E-state index contributed by atoms with van der Waals surface area (Å²) in [5.74, 6) is 0. The minimum absolute atomic E-state index is 0.102. The van der Waals surface area contributed by atoms with Gasteiger partial charge in [-0.25, -0.2) is 8.42 Å². The van der Waals surface area contributed by atoms with E-state index in [4.69, 9.17) is 0 Å². The van der Waals surface area contributed by atoms with E-state index in [0.717, 1.165) is 3.57 Å². The van der Waals surface area contributed by atoms with Crippen LogP contribution < -0.4 is 15.6 Å². The predicted octanol–water partition coefficient (Wildman–Crippen LogP) is 0.898. The zero-order valence-electron chi connectivity index (χ0n) is 9.27. The third kappa shape index (κ3) is 3.09. The molecule has 1 fully saturated rings. The van der Waals surface area contributed by atoms with E-state index >= 15 is 0 Å². The maximum Gasteiger partial charge on any atom is 0.238 e. The Kier molecular flexibility index (Phi) is 3.91. The number of hydrazine groups is 1. The summed E-state index contributed by atoms with van der Waals surface area (Å²) in [6, 6.07) is 7.20. The summed E-state index contributed by atoms with van der Waals surface area (Å²) < 4.78 is 27.9. The molecule has 17 heavy (non-hydrogen) atoms. The van der Waals surface area contributed by atoms with Gasteiger partial charge in [-0.3, -0.25) is 15.6 Å². The zero-order valence-corrected chi connectivity index (χ0v) is 12.2. The van der Waals surface area contributed by atoms with Crippen molar-refractivity contribution in [3.8, 4) is 0 Å². The Labute approximate surface area is 115 Å². The van der Waals surface area contributed by atoms with Crippen LogP contribution in [0.1, 0.15) is 6.92 Å². The first kappa shape index (κ1) is 13.1. The minimum atomic E-state index is -3.36. The molecule has 1 aromatic rings. The highest BCUT2D eigenvalue weighted by molar-refractivity contribution is 14.1. The number of anilines is 1. The summed E-state index contributed by atoms with van der Waals surface area (Å²) >= 11 is 2.15. The minimum Gasteiger partial charge on any atom is -0.283 e. The number of sulfonamides is 1. The van der Waals surface area contributed by atoms with E-state index in [1.54, 1.807) is 12.1 Å². The number of hydrogen-bond acceptors (Lipinski definition) is 4. The molecule has 1 heterocycles. The van der Waals surface area contributed by atoms with Gasteiger partial charge in [-0.1, -0.05) is 6.07 Å². The molecule has 0 aliphatic carbocycles. The van der Waals surface area contributed by atoms with Crippen LogP contribution in [0.25, 0.3) is 0 Å². The summed E-state index contributed by atoms with van der Waals surface area (Å²) in [5, 5.41) is -0.458. The molecule has 0 amide bonds. The fourth-order valence-electron chi connectivity index (χ4n) is 1.76. The standard InChI is InChI=1S/C10H14IN3O2S/c1-7-10(6-12-13-7)17(15,16)14-9-4-2-3-8(11)5-9/h2-5,7,10,12-14H,6H2,1H3. The van der Waals surface area contributed by atoms with Crippen molar-refractivity contribution in [1.82, 2.24) is 10.9 Å². The average Bonchev–Trinajstić information content (AvgIpc) is 2.64. The van der Waals surface area contributed by atoms with E-state index in [0.29, 0.717) is 12.2 Å². The molecule has 94 valence electrons. The van der Waals surface area contributed by atoms with Gasteiger partial charge < -0.3 is 0 Å². The van der Waals surface area contributed by atoms with Crippen LogP contribution in [0.5, 0.6) is 0 Å². The lowest BCUT2D eigenvalue weighted by Gasteiger charge is -2.16. The second-order valence-electron chi connectivity index (χ2n) is 4.01. The van der Waals surface area contributed by atoms with Gasteiger partial charge in [-0.05, 0) is 47.7 Å². The van der Waals surface area contributed by atoms with E-state index in [-0.39, 0.29) is 6.04 Å². The van der Waals surface area contributed by atoms with Crippen LogP contribution in [0.2, 0.25) is 0 Å². The Hall–Kier alpha value is -0.380. The van der Waals surface area contributed by atoms with Crippen LogP contribution in [-0.2, 0) is 10.0 Å². The first-order valence-corrected chi connectivity index (χ1v) is 7.87. The topological polar surface area (TPSA) is 70.2 Å². The molecule has 7 heteroatoms. The zero-order chi connectivity index (χ0) is 12.5. The third-order valence-corrected chi connectivity index (χ3v) is 5.24. The maximum atomic E-state index is 12.1. The van der Waals surface area contributed by atoms with Gasteiger partial charge in [-0.15, -0.1) is 0 Å². The normalized spacial score (nSPS) is 24.8. The first-order valence-electron chi connectivity index (χ1n) is 5.24. The Morgan fingerprint density at radius 1 is 1.47 bits per heavy atom. The van der Waals surface area contributed by atoms with E-state index in [1.807, 2.05) is 19.1 Å². The first-order chi connectivity index (χ1) is 7.99. The van der Waals surface area contributed by atoms with E-state index in [2.05, 4.69) is 38.2 Å². The van der Waals surface area contributed by atoms with Gasteiger partial charge in [0, 0.05) is 21.8 Å². The van der Waals surface area contributed by atoms with Crippen LogP contribution in [-0.4, -0.2) is 26.3 Å². The Morgan fingerprint density at radius 2 is 2.24 bits per heavy atom. The van der Waals surface area contributed by atoms with Crippen molar-refractivity contribution in [2.75, 3.05) is 11.3 Å². The molecule has 0 aromatic heterocycles. The van der Waals surface area contributed by atoms with Gasteiger partial charge in [0.05, 0.1) is 0 Å². The third-order valence-electron chi connectivity index (χ3n) is 2.67. The Bertz CT molecular complexity index is 506. The highest BCUT2D eigenvalue weighted by Gasteiger charge is 2.34. The molecule has 0 radical (unpaired) electrons. The molecule has 2 atom stereocenters. The molecular weight excluding hydrogens is 353 g/mol. The van der Waals surface area contributed by atoms with Gasteiger partial charge in [0.15, 0.2) is 0 Å². The molecule has 5 nitrogen and oxygen atoms in total. The Balaban J connectivity index is 2.17. The lowest BCUT2D eigenvalue weighted by molar-refractivity contribution is 0.565. The maximum absolute atomic E-state index is 12.1. The van der Waals surface area contributed by atoms with Gasteiger partial charge in [0.25, 0.3) is 0 Å². The van der Waals surface area contributed by atoms with E-state index in [9.17, 15) is 8.42 Å². The predicted molar refractivity (Wildman–Crippen MR) is 76.1 cm³/mol. The molecule has 1 saturated heterocycles. The Morgan fingerprint density at radius 3 is 2.82 bits per heavy atom. The van der Waals surface area contributed by atoms with Crippen LogP contribution in [0, 0.1) is 3.57 Å². The van der Waals surface area contributed by atoms with Gasteiger partial charge in [0.2, 0.25) is 10.0 Å². The van der Waals surface area contributed by atoms with Gasteiger partial charge in [0.1, 0.15) is 5.25 Å². The second-order valence-corrected chi connectivity index (χ2v) is 7.16. The molecule has 3 N–H and O–H groups in total. The van der Waals surface area contributed by atoms with Gasteiger partial charge >= 0.3 is 0 Å². The average molecular weight is 367 g/mol. The largest absolute Gasteiger partial charge is 0.283 e. The van der Waals surface area contributed by atoms with Crippen molar-refractivity contribution in [2.45, 2.75) is 18.2 Å². The lowest BCUT2D eigenvalue weighted by Crippen LogP contribution is -2.38. The fourth-order valence-corrected chi connectivity index (χ4v) is 3.82. The van der Waals surface area contributed by atoms with Crippen LogP contribution in [0.4, 0.5) is 5.69 Å². The molecular formula is C10H14IN3O2S. The van der Waals surface area contributed by atoms with Crippen LogP contribution in [0.15, 0.2) is 24.3 Å². The van der Waals surface area contributed by atoms with Crippen molar-refractivity contribution in [3.63, 3.8) is 0 Å². The monoisotopic (exact) mass is 367 g/mol. The highest BCUT2D eigenvalue weighted by atomic mass is 127. The number of nitrogens with one attached hydrogen (secondary N) is 3. The molecule has 2 unspecified atom stereocenters. The van der Waals surface area contributed by atoms with Crippen molar-refractivity contribution in [2.24, 2.45) is 0 Å². The van der Waals surface area contributed by atoms with Crippen molar-refractivity contribution >= 4 is 38.3 Å². The van der Waals surface area contributed by atoms with Crippen molar-refractivity contribution in [1.29, 1.82) is 0 Å². The molecule has 2 rings (SSSR count). The lowest BCUT2D eigenvalue weighted by atomic mass is 10.3. The molecule has 1 aliphatic heterocycles. The summed E-state index contributed by atoms with van der Waals surface area (Å²) in [4.78, 5) is 0. The van der Waals surface area contributed by atoms with Crippen LogP contribution in [0.3, 0.4) is 0 Å². The fraction of sp³-hybridized carbons (Fsp3) is 0.400. The van der Waals surface area contributed by atoms with E-state index < -0.39 is 15.3 Å². The highest BCUT2D eigenvalue weighted by Crippen LogP contribution is 2.17. The molecule has 1 aliphatic rings. The van der Waals surface area contributed by atoms with Crippen LogP contribution >= 0.6 is 22.6 Å². The number of rotatable bonds is 3. The quantitative estimate of drug-likeness (QED) is 0.695. The molecule has 0 bridgehead atoms. The van der Waals surface area contributed by atoms with Crippen molar-refractivity contribution in [3.05, 3.63) is 27.8 Å². The van der Waals surface area contributed by atoms with Crippen molar-refractivity contribution < 1.29 is 8.42 Å². The molecule has 1 aromatic carbocycles. The molecule has 0 saturated carbocycles. The summed E-state index contributed by atoms with van der Waals surface area (Å²) in [7, 11) is -3.36. The number of benzene rings is 1. The molecule has 0 spiro atoms. The van der Waals surface area contributed by atoms with E-state index in [1.165, 1.54) is 0 Å². The summed E-state index contributed by atoms with van der Waals surface area (Å²) in [6.07, 6.45) is 0. The summed E-state index contributed by atoms with van der Waals surface area (Å²) in [5.41, 5.74) is 6.36. The SMILES string of the molecule is CC1NNCC1S(=O)(=O)Nc1cccc(I)c1. The smallest absolute Gasteiger partial charge is 0.238 e. The summed E-state index contributed by atoms with van der Waals surface area (Å²) in [6.45, 7) is 2.26. The number of hydrogen-bond donors (Lipinski definition) is 3. The number of halogens is 1. The second kappa shape index (κ2) is 5.09.